The molecule has 0 aromatic rings. The van der Waals surface area contributed by atoms with Gasteiger partial charge >= 0.3 is 6.09 Å². The first-order chi connectivity index (χ1) is 6.85. The quantitative estimate of drug-likeness (QED) is 0.624. The lowest BCUT2D eigenvalue weighted by Gasteiger charge is -2.27. The summed E-state index contributed by atoms with van der Waals surface area (Å²) in [5, 5.41) is 0. The van der Waals surface area contributed by atoms with Crippen molar-refractivity contribution in [3.05, 3.63) is 0 Å². The van der Waals surface area contributed by atoms with Crippen molar-refractivity contribution in [3.63, 3.8) is 0 Å². The van der Waals surface area contributed by atoms with Gasteiger partial charge in [0, 0.05) is 6.54 Å². The zero-order valence-corrected chi connectivity index (χ0v) is 9.82. The van der Waals surface area contributed by atoms with Crippen LogP contribution < -0.4 is 0 Å². The molecule has 0 bridgehead atoms. The molecule has 1 aliphatic heterocycles. The molecule has 4 nitrogen and oxygen atoms in total. The summed E-state index contributed by atoms with van der Waals surface area (Å²) in [6.45, 7) is 8.05. The average Bonchev–Trinajstić information content (AvgIpc) is 2.43. The van der Waals surface area contributed by atoms with E-state index in [0.29, 0.717) is 6.54 Å². The lowest BCUT2D eigenvalue weighted by Crippen LogP contribution is -2.41. The fourth-order valence-corrected chi connectivity index (χ4v) is 1.71. The molecule has 1 aliphatic rings. The van der Waals surface area contributed by atoms with Crippen LogP contribution in [0, 0.1) is 5.92 Å². The Labute approximate surface area is 90.6 Å². The molecule has 0 N–H and O–H groups in total. The number of amides is 1. The molecule has 0 radical (unpaired) electrons. The van der Waals surface area contributed by atoms with E-state index in [4.69, 9.17) is 4.74 Å². The van der Waals surface area contributed by atoms with Crippen molar-refractivity contribution in [2.45, 2.75) is 45.8 Å². The van der Waals surface area contributed by atoms with Gasteiger partial charge in [-0.1, -0.05) is 6.92 Å². The number of hydrogen-bond donors (Lipinski definition) is 0. The predicted octanol–water partition coefficient (Wildman–Crippen LogP) is 1.83. The molecule has 2 unspecified atom stereocenters. The third kappa shape index (κ3) is 2.94. The zero-order chi connectivity index (χ0) is 11.6. The van der Waals surface area contributed by atoms with E-state index < -0.39 is 5.60 Å². The summed E-state index contributed by atoms with van der Waals surface area (Å²) in [7, 11) is 0. The number of likely N-dealkylation sites (tertiary alicyclic amines) is 1. The van der Waals surface area contributed by atoms with Crippen molar-refractivity contribution in [3.8, 4) is 0 Å². The highest BCUT2D eigenvalue weighted by molar-refractivity contribution is 5.74. The Morgan fingerprint density at radius 3 is 2.53 bits per heavy atom. The molecule has 0 aliphatic carbocycles. The van der Waals surface area contributed by atoms with Gasteiger partial charge in [-0.25, -0.2) is 4.79 Å². The smallest absolute Gasteiger partial charge is 0.410 e. The van der Waals surface area contributed by atoms with Gasteiger partial charge in [0.15, 0.2) is 0 Å². The number of rotatable bonds is 1. The largest absolute Gasteiger partial charge is 0.444 e. The van der Waals surface area contributed by atoms with Crippen LogP contribution in [0.3, 0.4) is 0 Å². The molecule has 1 rings (SSSR count). The van der Waals surface area contributed by atoms with Gasteiger partial charge in [0.05, 0.1) is 6.04 Å². The maximum atomic E-state index is 11.7. The summed E-state index contributed by atoms with van der Waals surface area (Å²) in [5.74, 6) is 0.231. The van der Waals surface area contributed by atoms with Crippen molar-refractivity contribution in [1.82, 2.24) is 4.90 Å². The fourth-order valence-electron chi connectivity index (χ4n) is 1.71. The number of carbonyl (C=O) groups excluding carboxylic acids is 2. The van der Waals surface area contributed by atoms with Gasteiger partial charge < -0.3 is 9.53 Å². The van der Waals surface area contributed by atoms with Crippen molar-refractivity contribution < 1.29 is 14.3 Å². The number of nitrogens with zero attached hydrogens (tertiary/aromatic N) is 1. The van der Waals surface area contributed by atoms with Crippen LogP contribution in [0.15, 0.2) is 0 Å². The molecule has 0 aromatic heterocycles. The van der Waals surface area contributed by atoms with E-state index in [1.54, 1.807) is 0 Å². The van der Waals surface area contributed by atoms with E-state index in [-0.39, 0.29) is 18.1 Å². The molecule has 86 valence electrons. The van der Waals surface area contributed by atoms with Crippen LogP contribution in [0.2, 0.25) is 0 Å². The first kappa shape index (κ1) is 12.0. The number of hydrogen-bond acceptors (Lipinski definition) is 3. The van der Waals surface area contributed by atoms with Crippen LogP contribution in [0.4, 0.5) is 4.79 Å². The van der Waals surface area contributed by atoms with Gasteiger partial charge in [-0.2, -0.15) is 0 Å². The Bertz CT molecular complexity index is 257. The van der Waals surface area contributed by atoms with Crippen molar-refractivity contribution in [2.75, 3.05) is 6.54 Å². The highest BCUT2D eigenvalue weighted by Crippen LogP contribution is 2.24. The summed E-state index contributed by atoms with van der Waals surface area (Å²) in [4.78, 5) is 24.1. The molecular weight excluding hydrogens is 194 g/mol. The standard InChI is InChI=1S/C11H19NO3/c1-8-5-6-12(9(8)7-13)10(14)15-11(2,3)4/h7-9H,5-6H2,1-4H3. The van der Waals surface area contributed by atoms with Crippen LogP contribution in [0.1, 0.15) is 34.1 Å². The molecule has 0 saturated carbocycles. The maximum absolute atomic E-state index is 11.7. The number of aldehydes is 1. The number of ether oxygens (including phenoxy) is 1. The van der Waals surface area contributed by atoms with Gasteiger partial charge in [-0.05, 0) is 33.1 Å². The zero-order valence-electron chi connectivity index (χ0n) is 9.82. The summed E-state index contributed by atoms with van der Waals surface area (Å²) in [5.41, 5.74) is -0.504. The second-order valence-corrected chi connectivity index (χ2v) is 5.07. The minimum absolute atomic E-state index is 0.231. The third-order valence-electron chi connectivity index (χ3n) is 2.54. The SMILES string of the molecule is CC1CCN(C(=O)OC(C)(C)C)C1C=O. The fraction of sp³-hybridized carbons (Fsp3) is 0.818. The monoisotopic (exact) mass is 213 g/mol. The van der Waals surface area contributed by atoms with E-state index >= 15 is 0 Å². The third-order valence-corrected chi connectivity index (χ3v) is 2.54. The van der Waals surface area contributed by atoms with E-state index in [1.807, 2.05) is 27.7 Å². The van der Waals surface area contributed by atoms with Gasteiger partial charge in [0.2, 0.25) is 0 Å². The van der Waals surface area contributed by atoms with Gasteiger partial charge in [-0.3, -0.25) is 4.90 Å². The second-order valence-electron chi connectivity index (χ2n) is 5.07. The van der Waals surface area contributed by atoms with Crippen LogP contribution in [-0.4, -0.2) is 35.5 Å². The van der Waals surface area contributed by atoms with E-state index in [1.165, 1.54) is 4.90 Å². The van der Waals surface area contributed by atoms with Crippen molar-refractivity contribution in [2.24, 2.45) is 5.92 Å². The molecule has 2 atom stereocenters. The Balaban J connectivity index is 2.64. The normalized spacial score (nSPS) is 26.5. The van der Waals surface area contributed by atoms with Crippen LogP contribution in [0.5, 0.6) is 0 Å². The first-order valence-electron chi connectivity index (χ1n) is 5.30. The topological polar surface area (TPSA) is 46.6 Å². The molecule has 4 heteroatoms. The molecule has 15 heavy (non-hydrogen) atoms. The lowest BCUT2D eigenvalue weighted by molar-refractivity contribution is -0.112. The van der Waals surface area contributed by atoms with E-state index in [0.717, 1.165) is 12.7 Å². The van der Waals surface area contributed by atoms with Crippen LogP contribution in [-0.2, 0) is 9.53 Å². The molecule has 1 fully saturated rings. The van der Waals surface area contributed by atoms with Crippen molar-refractivity contribution >= 4 is 12.4 Å². The lowest BCUT2D eigenvalue weighted by atomic mass is 10.1. The summed E-state index contributed by atoms with van der Waals surface area (Å²) in [6.07, 6.45) is 1.31. The van der Waals surface area contributed by atoms with Crippen molar-refractivity contribution in [1.29, 1.82) is 0 Å². The Hall–Kier alpha value is -1.06. The first-order valence-corrected chi connectivity index (χ1v) is 5.30. The Morgan fingerprint density at radius 2 is 2.07 bits per heavy atom. The molecule has 1 heterocycles. The second kappa shape index (κ2) is 4.21. The molecule has 1 saturated heterocycles. The predicted molar refractivity (Wildman–Crippen MR) is 56.6 cm³/mol. The molecule has 1 amide bonds. The summed E-state index contributed by atoms with van der Waals surface area (Å²) >= 11 is 0. The molecular formula is C11H19NO3. The molecule has 0 aromatic carbocycles. The van der Waals surface area contributed by atoms with Gasteiger partial charge in [-0.15, -0.1) is 0 Å². The minimum atomic E-state index is -0.504. The highest BCUT2D eigenvalue weighted by atomic mass is 16.6. The summed E-state index contributed by atoms with van der Waals surface area (Å²) in [6, 6.07) is -0.320. The minimum Gasteiger partial charge on any atom is -0.444 e. The van der Waals surface area contributed by atoms with Crippen LogP contribution in [0.25, 0.3) is 0 Å². The van der Waals surface area contributed by atoms with E-state index in [9.17, 15) is 9.59 Å². The van der Waals surface area contributed by atoms with Gasteiger partial charge in [0.1, 0.15) is 11.9 Å². The highest BCUT2D eigenvalue weighted by Gasteiger charge is 2.36. The molecule has 0 spiro atoms. The summed E-state index contributed by atoms with van der Waals surface area (Å²) < 4.78 is 5.23. The van der Waals surface area contributed by atoms with Crippen LogP contribution >= 0.6 is 0 Å². The number of carbonyl (C=O) groups is 2. The maximum Gasteiger partial charge on any atom is 0.410 e. The Kier molecular flexibility index (Phi) is 3.37. The Morgan fingerprint density at radius 1 is 1.47 bits per heavy atom. The van der Waals surface area contributed by atoms with Gasteiger partial charge in [0.25, 0.3) is 0 Å². The van der Waals surface area contributed by atoms with E-state index in [2.05, 4.69) is 0 Å². The average molecular weight is 213 g/mol.